The number of hydrogen-bond acceptors (Lipinski definition) is 15. The molecule has 0 aromatic heterocycles. The van der Waals surface area contributed by atoms with Crippen LogP contribution in [0.3, 0.4) is 0 Å². The number of phosphoric ester groups is 2. The van der Waals surface area contributed by atoms with Crippen LogP contribution in [-0.2, 0) is 65.4 Å². The zero-order valence-electron chi connectivity index (χ0n) is 67.1. The molecule has 0 bridgehead atoms. The van der Waals surface area contributed by atoms with E-state index >= 15 is 0 Å². The van der Waals surface area contributed by atoms with Crippen LogP contribution in [0.15, 0.2) is 0 Å². The Balaban J connectivity index is 5.23. The van der Waals surface area contributed by atoms with E-state index in [2.05, 4.69) is 48.5 Å². The lowest BCUT2D eigenvalue weighted by atomic mass is 10.00. The number of unbranched alkanes of at least 4 members (excludes halogenated alkanes) is 48. The van der Waals surface area contributed by atoms with E-state index in [9.17, 15) is 43.2 Å². The first-order valence-electron chi connectivity index (χ1n) is 42.9. The summed E-state index contributed by atoms with van der Waals surface area (Å²) in [4.78, 5) is 73.1. The first kappa shape index (κ1) is 100. The molecule has 0 radical (unpaired) electrons. The monoisotopic (exact) mass is 1490 g/mol. The Morgan fingerprint density at radius 2 is 0.500 bits per heavy atom. The highest BCUT2D eigenvalue weighted by Gasteiger charge is 2.30. The lowest BCUT2D eigenvalue weighted by Crippen LogP contribution is -2.30. The summed E-state index contributed by atoms with van der Waals surface area (Å²) in [5, 5.41) is 10.7. The van der Waals surface area contributed by atoms with Gasteiger partial charge in [-0.05, 0) is 43.4 Å². The van der Waals surface area contributed by atoms with Gasteiger partial charge >= 0.3 is 39.5 Å². The number of phosphoric acid groups is 2. The Morgan fingerprint density at radius 3 is 0.745 bits per heavy atom. The zero-order chi connectivity index (χ0) is 75.1. The molecule has 606 valence electrons. The van der Waals surface area contributed by atoms with E-state index in [0.29, 0.717) is 25.7 Å². The molecular formula is C83H162O17P2. The summed E-state index contributed by atoms with van der Waals surface area (Å²) >= 11 is 0. The van der Waals surface area contributed by atoms with E-state index in [1.165, 1.54) is 238 Å². The predicted molar refractivity (Wildman–Crippen MR) is 418 cm³/mol. The average molecular weight is 1490 g/mol. The van der Waals surface area contributed by atoms with Gasteiger partial charge in [-0.3, -0.25) is 37.3 Å². The van der Waals surface area contributed by atoms with Crippen molar-refractivity contribution in [2.24, 2.45) is 17.8 Å². The largest absolute Gasteiger partial charge is 0.472 e. The van der Waals surface area contributed by atoms with Crippen LogP contribution in [0.1, 0.15) is 434 Å². The molecule has 0 aliphatic carbocycles. The van der Waals surface area contributed by atoms with Gasteiger partial charge in [-0.1, -0.05) is 382 Å². The molecule has 0 aromatic rings. The summed E-state index contributed by atoms with van der Waals surface area (Å²) in [6.45, 7) is 11.9. The number of ether oxygens (including phenoxy) is 4. The van der Waals surface area contributed by atoms with Crippen LogP contribution in [0.5, 0.6) is 0 Å². The molecule has 0 spiro atoms. The van der Waals surface area contributed by atoms with Crippen molar-refractivity contribution in [1.29, 1.82) is 0 Å². The van der Waals surface area contributed by atoms with Crippen LogP contribution < -0.4 is 0 Å². The third-order valence-electron chi connectivity index (χ3n) is 19.7. The number of carbonyl (C=O) groups excluding carboxylic acids is 4. The predicted octanol–water partition coefficient (Wildman–Crippen LogP) is 24.9. The molecule has 17 nitrogen and oxygen atoms in total. The van der Waals surface area contributed by atoms with Crippen LogP contribution in [-0.4, -0.2) is 96.7 Å². The summed E-state index contributed by atoms with van der Waals surface area (Å²) < 4.78 is 68.8. The number of rotatable bonds is 81. The Bertz CT molecular complexity index is 1980. The summed E-state index contributed by atoms with van der Waals surface area (Å²) in [6.07, 6.45) is 62.6. The quantitative estimate of drug-likeness (QED) is 0.0222. The van der Waals surface area contributed by atoms with E-state index in [4.69, 9.17) is 37.0 Å². The van der Waals surface area contributed by atoms with Gasteiger partial charge in [0.25, 0.3) is 0 Å². The van der Waals surface area contributed by atoms with Crippen molar-refractivity contribution < 1.29 is 80.2 Å². The molecule has 3 unspecified atom stereocenters. The van der Waals surface area contributed by atoms with Crippen LogP contribution in [0.25, 0.3) is 0 Å². The van der Waals surface area contributed by atoms with E-state index in [0.717, 1.165) is 114 Å². The maximum atomic E-state index is 13.1. The minimum absolute atomic E-state index is 0.105. The van der Waals surface area contributed by atoms with Gasteiger partial charge in [0.2, 0.25) is 0 Å². The van der Waals surface area contributed by atoms with Crippen LogP contribution in [0, 0.1) is 17.8 Å². The van der Waals surface area contributed by atoms with Gasteiger partial charge in [0.1, 0.15) is 19.3 Å². The van der Waals surface area contributed by atoms with Crippen molar-refractivity contribution in [3.63, 3.8) is 0 Å². The Labute approximate surface area is 626 Å². The molecule has 0 rings (SSSR count). The van der Waals surface area contributed by atoms with Crippen LogP contribution >= 0.6 is 15.6 Å². The topological polar surface area (TPSA) is 237 Å². The molecule has 0 amide bonds. The van der Waals surface area contributed by atoms with Crippen LogP contribution in [0.2, 0.25) is 0 Å². The number of hydrogen-bond donors (Lipinski definition) is 3. The summed E-state index contributed by atoms with van der Waals surface area (Å²) in [7, 11) is -9.92. The Morgan fingerprint density at radius 1 is 0.284 bits per heavy atom. The fourth-order valence-electron chi connectivity index (χ4n) is 12.8. The van der Waals surface area contributed by atoms with Gasteiger partial charge in [-0.25, -0.2) is 9.13 Å². The summed E-state index contributed by atoms with van der Waals surface area (Å²) in [5.74, 6) is 0.185. The van der Waals surface area contributed by atoms with Gasteiger partial charge < -0.3 is 33.8 Å². The lowest BCUT2D eigenvalue weighted by molar-refractivity contribution is -0.161. The van der Waals surface area contributed by atoms with Gasteiger partial charge in [0, 0.05) is 25.7 Å². The molecule has 0 aromatic carbocycles. The molecule has 3 N–H and O–H groups in total. The second-order valence-electron chi connectivity index (χ2n) is 31.1. The molecule has 0 aliphatic heterocycles. The van der Waals surface area contributed by atoms with Crippen molar-refractivity contribution in [2.45, 2.75) is 452 Å². The Kier molecular flexibility index (Phi) is 71.8. The van der Waals surface area contributed by atoms with Crippen molar-refractivity contribution in [1.82, 2.24) is 0 Å². The molecule has 6 atom stereocenters. The minimum atomic E-state index is -4.96. The number of esters is 4. The molecule has 0 saturated carbocycles. The first-order valence-corrected chi connectivity index (χ1v) is 45.9. The zero-order valence-corrected chi connectivity index (χ0v) is 68.9. The molecule has 19 heteroatoms. The van der Waals surface area contributed by atoms with E-state index in [1.54, 1.807) is 0 Å². The molecule has 102 heavy (non-hydrogen) atoms. The molecule has 0 aliphatic rings. The summed E-state index contributed by atoms with van der Waals surface area (Å²) in [6, 6.07) is 0. The molecule has 0 heterocycles. The fourth-order valence-corrected chi connectivity index (χ4v) is 14.4. The normalized spacial score (nSPS) is 14.2. The fraction of sp³-hybridized carbons (Fsp3) is 0.952. The SMILES string of the molecule is CCCCCCCCCCCCCCCCCCCCCCC(=O)O[C@H](COC(=O)CCCCCCCCCCCCCCCCCCC(C)C)COP(=O)(O)OC[C@@H](O)COP(=O)(O)OC[C@@H](COC(=O)CCCCCCCCC(C)CC)OC(=O)CCCCCCCCCCCCC(C)C. The average Bonchev–Trinajstić information content (AvgIpc) is 0.916. The van der Waals surface area contributed by atoms with E-state index < -0.39 is 97.5 Å². The Hall–Kier alpha value is -1.94. The number of aliphatic hydroxyl groups is 1. The molecule has 0 fully saturated rings. The van der Waals surface area contributed by atoms with Gasteiger partial charge in [0.15, 0.2) is 12.2 Å². The maximum Gasteiger partial charge on any atom is 0.472 e. The van der Waals surface area contributed by atoms with E-state index in [1.807, 2.05) is 0 Å². The van der Waals surface area contributed by atoms with Gasteiger partial charge in [-0.15, -0.1) is 0 Å². The maximum absolute atomic E-state index is 13.1. The first-order chi connectivity index (χ1) is 49.3. The molecular weight excluding hydrogens is 1330 g/mol. The summed E-state index contributed by atoms with van der Waals surface area (Å²) in [5.41, 5.74) is 0. The van der Waals surface area contributed by atoms with Crippen molar-refractivity contribution in [3.05, 3.63) is 0 Å². The highest BCUT2D eigenvalue weighted by molar-refractivity contribution is 7.47. The molecule has 0 saturated heterocycles. The van der Waals surface area contributed by atoms with Gasteiger partial charge in [0.05, 0.1) is 26.4 Å². The van der Waals surface area contributed by atoms with Crippen molar-refractivity contribution >= 4 is 39.5 Å². The lowest BCUT2D eigenvalue weighted by Gasteiger charge is -2.21. The highest BCUT2D eigenvalue weighted by Crippen LogP contribution is 2.45. The van der Waals surface area contributed by atoms with E-state index in [-0.39, 0.29) is 25.7 Å². The number of aliphatic hydroxyl groups excluding tert-OH is 1. The third kappa shape index (κ3) is 74.9. The van der Waals surface area contributed by atoms with Crippen molar-refractivity contribution in [2.75, 3.05) is 39.6 Å². The second-order valence-corrected chi connectivity index (χ2v) is 34.0. The third-order valence-corrected chi connectivity index (χ3v) is 21.6. The standard InChI is InChI=1S/C83H162O17P2/c1-8-10-11-12-13-14-15-16-17-18-19-20-21-26-29-32-38-43-52-59-66-82(87)99-78(70-93-80(85)64-57-50-42-37-31-28-25-23-22-24-27-30-35-40-47-54-61-74(3)4)72-97-101(89,90)95-68-77(84)69-96-102(91,92)98-73-79(71-94-81(86)65-58-51-46-45-49-56-63-76(7)9-2)100-83(88)67-60-53-44-39-34-33-36-41-48-55-62-75(5)6/h74-79,84H,8-73H2,1-7H3,(H,89,90)(H,91,92)/t76?,77-,78-,79-/m1/s1. The van der Waals surface area contributed by atoms with Gasteiger partial charge in [-0.2, -0.15) is 0 Å². The number of carbonyl (C=O) groups is 4. The van der Waals surface area contributed by atoms with Crippen LogP contribution in [0.4, 0.5) is 0 Å². The minimum Gasteiger partial charge on any atom is -0.462 e. The van der Waals surface area contributed by atoms with Crippen molar-refractivity contribution in [3.8, 4) is 0 Å². The highest BCUT2D eigenvalue weighted by atomic mass is 31.2. The smallest absolute Gasteiger partial charge is 0.462 e. The second kappa shape index (κ2) is 73.2.